The standard InChI is InChI=1S/C16H20N2O2S/c17-14(20)15-5-10-4-11(6-15)8-16(7-10,9-15)18-13(19)12-2-1-3-21-12/h1-3,10-11H,4-9H2,(H2,17,20)(H,18,19). The maximum Gasteiger partial charge on any atom is 0.261 e. The van der Waals surface area contributed by atoms with Crippen molar-refractivity contribution in [3.8, 4) is 0 Å². The number of hydrogen-bond donors (Lipinski definition) is 2. The van der Waals surface area contributed by atoms with E-state index in [0.29, 0.717) is 11.8 Å². The van der Waals surface area contributed by atoms with E-state index < -0.39 is 0 Å². The van der Waals surface area contributed by atoms with Crippen LogP contribution in [0.1, 0.15) is 48.2 Å². The Kier molecular flexibility index (Phi) is 2.74. The summed E-state index contributed by atoms with van der Waals surface area (Å²) in [4.78, 5) is 25.2. The lowest BCUT2D eigenvalue weighted by Crippen LogP contribution is -2.65. The van der Waals surface area contributed by atoms with Gasteiger partial charge in [-0.15, -0.1) is 11.3 Å². The third kappa shape index (κ3) is 2.01. The first-order valence-corrected chi connectivity index (χ1v) is 8.54. The SMILES string of the molecule is NC(=O)C12CC3CC(CC(NC(=O)c4cccs4)(C3)C1)C2. The average Bonchev–Trinajstić information content (AvgIpc) is 2.90. The lowest BCUT2D eigenvalue weighted by molar-refractivity contribution is -0.146. The zero-order chi connectivity index (χ0) is 14.7. The minimum absolute atomic E-state index is 0.00608. The van der Waals surface area contributed by atoms with Gasteiger partial charge >= 0.3 is 0 Å². The number of nitrogens with one attached hydrogen (secondary N) is 1. The van der Waals surface area contributed by atoms with E-state index in [0.717, 1.165) is 37.0 Å². The van der Waals surface area contributed by atoms with E-state index in [2.05, 4.69) is 5.32 Å². The van der Waals surface area contributed by atoms with E-state index in [1.165, 1.54) is 17.8 Å². The maximum absolute atomic E-state index is 12.4. The Balaban J connectivity index is 1.62. The van der Waals surface area contributed by atoms with Gasteiger partial charge in [-0.1, -0.05) is 6.07 Å². The minimum Gasteiger partial charge on any atom is -0.369 e. The van der Waals surface area contributed by atoms with Crippen LogP contribution in [0.15, 0.2) is 17.5 Å². The highest BCUT2D eigenvalue weighted by Crippen LogP contribution is 2.61. The molecule has 2 amide bonds. The fourth-order valence-electron chi connectivity index (χ4n) is 5.41. The Hall–Kier alpha value is -1.36. The van der Waals surface area contributed by atoms with E-state index in [4.69, 9.17) is 5.73 Å². The third-order valence-electron chi connectivity index (χ3n) is 5.71. The molecular formula is C16H20N2O2S. The molecule has 21 heavy (non-hydrogen) atoms. The van der Waals surface area contributed by atoms with Crippen molar-refractivity contribution in [1.29, 1.82) is 0 Å². The molecule has 4 fully saturated rings. The molecule has 4 saturated carbocycles. The monoisotopic (exact) mass is 304 g/mol. The van der Waals surface area contributed by atoms with Gasteiger partial charge < -0.3 is 11.1 Å². The molecule has 0 spiro atoms. The van der Waals surface area contributed by atoms with Crippen molar-refractivity contribution >= 4 is 23.2 Å². The predicted molar refractivity (Wildman–Crippen MR) is 80.8 cm³/mol. The number of nitrogens with two attached hydrogens (primary N) is 1. The Morgan fingerprint density at radius 3 is 2.52 bits per heavy atom. The summed E-state index contributed by atoms with van der Waals surface area (Å²) in [5.41, 5.74) is 5.15. The van der Waals surface area contributed by atoms with Crippen molar-refractivity contribution in [2.24, 2.45) is 23.0 Å². The van der Waals surface area contributed by atoms with Crippen molar-refractivity contribution in [2.75, 3.05) is 0 Å². The number of rotatable bonds is 3. The molecule has 1 heterocycles. The molecule has 4 bridgehead atoms. The van der Waals surface area contributed by atoms with Crippen LogP contribution in [0.4, 0.5) is 0 Å². The van der Waals surface area contributed by atoms with Gasteiger partial charge in [0.15, 0.2) is 0 Å². The number of primary amides is 1. The highest BCUT2D eigenvalue weighted by atomic mass is 32.1. The second-order valence-electron chi connectivity index (χ2n) is 7.32. The summed E-state index contributed by atoms with van der Waals surface area (Å²) in [6, 6.07) is 3.74. The van der Waals surface area contributed by atoms with E-state index in [-0.39, 0.29) is 22.8 Å². The van der Waals surface area contributed by atoms with Crippen LogP contribution >= 0.6 is 11.3 Å². The normalized spacial score (nSPS) is 40.2. The number of carbonyl (C=O) groups excluding carboxylic acids is 2. The Morgan fingerprint density at radius 1 is 1.24 bits per heavy atom. The van der Waals surface area contributed by atoms with Crippen molar-refractivity contribution in [3.63, 3.8) is 0 Å². The van der Waals surface area contributed by atoms with Crippen LogP contribution in [0.2, 0.25) is 0 Å². The van der Waals surface area contributed by atoms with E-state index in [1.54, 1.807) is 0 Å². The zero-order valence-electron chi connectivity index (χ0n) is 11.9. The van der Waals surface area contributed by atoms with Crippen LogP contribution in [-0.2, 0) is 4.79 Å². The van der Waals surface area contributed by atoms with Crippen LogP contribution < -0.4 is 11.1 Å². The Morgan fingerprint density at radius 2 is 1.95 bits per heavy atom. The van der Waals surface area contributed by atoms with Gasteiger partial charge in [-0.3, -0.25) is 9.59 Å². The Labute approximate surface area is 128 Å². The van der Waals surface area contributed by atoms with Crippen LogP contribution in [0.5, 0.6) is 0 Å². The topological polar surface area (TPSA) is 72.2 Å². The second kappa shape index (κ2) is 4.32. The number of hydrogen-bond acceptors (Lipinski definition) is 3. The Bertz CT molecular complexity index is 581. The zero-order valence-corrected chi connectivity index (χ0v) is 12.7. The van der Waals surface area contributed by atoms with Crippen LogP contribution in [0.3, 0.4) is 0 Å². The van der Waals surface area contributed by atoms with Crippen molar-refractivity contribution in [3.05, 3.63) is 22.4 Å². The molecule has 2 atom stereocenters. The molecule has 0 saturated heterocycles. The van der Waals surface area contributed by atoms with Gasteiger partial charge in [-0.2, -0.15) is 0 Å². The van der Waals surface area contributed by atoms with Gasteiger partial charge in [-0.25, -0.2) is 0 Å². The molecule has 4 aliphatic rings. The largest absolute Gasteiger partial charge is 0.369 e. The van der Waals surface area contributed by atoms with Crippen molar-refractivity contribution in [2.45, 2.75) is 44.1 Å². The van der Waals surface area contributed by atoms with Gasteiger partial charge in [0.25, 0.3) is 5.91 Å². The third-order valence-corrected chi connectivity index (χ3v) is 6.58. The molecule has 3 N–H and O–H groups in total. The number of thiophene rings is 1. The lowest BCUT2D eigenvalue weighted by Gasteiger charge is -2.61. The average molecular weight is 304 g/mol. The molecule has 2 unspecified atom stereocenters. The quantitative estimate of drug-likeness (QED) is 0.899. The maximum atomic E-state index is 12.4. The molecule has 1 aromatic rings. The smallest absolute Gasteiger partial charge is 0.261 e. The molecule has 4 aliphatic carbocycles. The summed E-state index contributed by atoms with van der Waals surface area (Å²) in [6.07, 6.45) is 5.81. The van der Waals surface area contributed by atoms with Gasteiger partial charge in [0.1, 0.15) is 0 Å². The summed E-state index contributed by atoms with van der Waals surface area (Å²) in [7, 11) is 0. The highest BCUT2D eigenvalue weighted by molar-refractivity contribution is 7.12. The van der Waals surface area contributed by atoms with Crippen molar-refractivity contribution < 1.29 is 9.59 Å². The first-order valence-electron chi connectivity index (χ1n) is 7.66. The van der Waals surface area contributed by atoms with Crippen LogP contribution in [0, 0.1) is 17.3 Å². The lowest BCUT2D eigenvalue weighted by atomic mass is 9.46. The van der Waals surface area contributed by atoms with E-state index >= 15 is 0 Å². The number of carbonyl (C=O) groups is 2. The molecule has 4 nitrogen and oxygen atoms in total. The van der Waals surface area contributed by atoms with Gasteiger partial charge in [0, 0.05) is 5.54 Å². The van der Waals surface area contributed by atoms with E-state index in [9.17, 15) is 9.59 Å². The van der Waals surface area contributed by atoms with Gasteiger partial charge in [0.05, 0.1) is 10.3 Å². The first kappa shape index (κ1) is 13.3. The fraction of sp³-hybridized carbons (Fsp3) is 0.625. The molecule has 0 aliphatic heterocycles. The fourth-order valence-corrected chi connectivity index (χ4v) is 6.03. The second-order valence-corrected chi connectivity index (χ2v) is 8.27. The molecule has 1 aromatic heterocycles. The van der Waals surface area contributed by atoms with Gasteiger partial charge in [-0.05, 0) is 61.8 Å². The summed E-state index contributed by atoms with van der Waals surface area (Å²) in [5, 5.41) is 5.19. The molecular weight excluding hydrogens is 284 g/mol. The van der Waals surface area contributed by atoms with Gasteiger partial charge in [0.2, 0.25) is 5.91 Å². The molecule has 0 radical (unpaired) electrons. The predicted octanol–water partition coefficient (Wildman–Crippen LogP) is 2.30. The molecule has 5 rings (SSSR count). The summed E-state index contributed by atoms with van der Waals surface area (Å²) >= 11 is 1.46. The molecule has 0 aromatic carbocycles. The van der Waals surface area contributed by atoms with Crippen LogP contribution in [-0.4, -0.2) is 17.4 Å². The summed E-state index contributed by atoms with van der Waals surface area (Å²) < 4.78 is 0. The number of amides is 2. The highest BCUT2D eigenvalue weighted by Gasteiger charge is 2.60. The summed E-state index contributed by atoms with van der Waals surface area (Å²) in [6.45, 7) is 0. The first-order chi connectivity index (χ1) is 10.0. The molecule has 112 valence electrons. The minimum atomic E-state index is -0.368. The summed E-state index contributed by atoms with van der Waals surface area (Å²) in [5.74, 6) is 0.933. The molecule has 5 heteroatoms. The van der Waals surface area contributed by atoms with E-state index in [1.807, 2.05) is 17.5 Å². The van der Waals surface area contributed by atoms with Crippen LogP contribution in [0.25, 0.3) is 0 Å². The van der Waals surface area contributed by atoms with Crippen molar-refractivity contribution in [1.82, 2.24) is 5.32 Å².